The first-order chi connectivity index (χ1) is 5.72. The van der Waals surface area contributed by atoms with Gasteiger partial charge in [0.05, 0.1) is 25.8 Å². The molecule has 66 valence electrons. The number of hydrogen-bond acceptors (Lipinski definition) is 3. The molecule has 1 aromatic heterocycles. The molecular formula is C8H12N2O2. The first-order valence-corrected chi connectivity index (χ1v) is 3.79. The molecule has 0 spiro atoms. The van der Waals surface area contributed by atoms with Crippen molar-refractivity contribution >= 4 is 5.97 Å². The fraction of sp³-hybridized carbons (Fsp3) is 0.500. The molecule has 0 aliphatic heterocycles. The van der Waals surface area contributed by atoms with Crippen molar-refractivity contribution in [3.05, 3.63) is 18.0 Å². The van der Waals surface area contributed by atoms with Crippen LogP contribution in [0, 0.1) is 6.92 Å². The topological polar surface area (TPSA) is 44.1 Å². The second-order valence-electron chi connectivity index (χ2n) is 2.55. The standard InChI is InChI=1S/C8H12N2O2/c1-7-3-5-10(9-7)6-4-8(11)12-2/h3,5H,4,6H2,1-2H3. The number of carbonyl (C=O) groups is 1. The third-order valence-corrected chi connectivity index (χ3v) is 1.55. The van der Waals surface area contributed by atoms with Crippen LogP contribution in [0.1, 0.15) is 12.1 Å². The summed E-state index contributed by atoms with van der Waals surface area (Å²) < 4.78 is 6.23. The molecule has 0 amide bonds. The summed E-state index contributed by atoms with van der Waals surface area (Å²) >= 11 is 0. The van der Waals surface area contributed by atoms with E-state index in [0.717, 1.165) is 5.69 Å². The molecule has 12 heavy (non-hydrogen) atoms. The lowest BCUT2D eigenvalue weighted by Crippen LogP contribution is -2.07. The number of hydrogen-bond donors (Lipinski definition) is 0. The molecule has 0 atom stereocenters. The average Bonchev–Trinajstić information content (AvgIpc) is 2.47. The highest BCUT2D eigenvalue weighted by molar-refractivity contribution is 5.68. The largest absolute Gasteiger partial charge is 0.469 e. The molecule has 0 unspecified atom stereocenters. The van der Waals surface area contributed by atoms with Crippen LogP contribution in [0.25, 0.3) is 0 Å². The Morgan fingerprint density at radius 2 is 2.50 bits per heavy atom. The van der Waals surface area contributed by atoms with Crippen molar-refractivity contribution in [3.63, 3.8) is 0 Å². The van der Waals surface area contributed by atoms with Gasteiger partial charge in [0.25, 0.3) is 0 Å². The lowest BCUT2D eigenvalue weighted by molar-refractivity contribution is -0.140. The third-order valence-electron chi connectivity index (χ3n) is 1.55. The zero-order valence-corrected chi connectivity index (χ0v) is 7.28. The first kappa shape index (κ1) is 8.77. The molecule has 1 heterocycles. The molecular weight excluding hydrogens is 156 g/mol. The van der Waals surface area contributed by atoms with E-state index in [0.29, 0.717) is 13.0 Å². The monoisotopic (exact) mass is 168 g/mol. The quantitative estimate of drug-likeness (QED) is 0.626. The van der Waals surface area contributed by atoms with Crippen molar-refractivity contribution in [2.24, 2.45) is 0 Å². The molecule has 0 radical (unpaired) electrons. The maximum absolute atomic E-state index is 10.7. The minimum absolute atomic E-state index is 0.205. The molecule has 1 rings (SSSR count). The molecule has 4 heteroatoms. The van der Waals surface area contributed by atoms with E-state index in [2.05, 4.69) is 9.84 Å². The number of esters is 1. The molecule has 0 aliphatic carbocycles. The van der Waals surface area contributed by atoms with Crippen LogP contribution >= 0.6 is 0 Å². The van der Waals surface area contributed by atoms with E-state index in [1.165, 1.54) is 7.11 Å². The Kier molecular flexibility index (Phi) is 2.85. The highest BCUT2D eigenvalue weighted by Crippen LogP contribution is 1.95. The molecule has 0 aromatic carbocycles. The average molecular weight is 168 g/mol. The number of methoxy groups -OCH3 is 1. The second kappa shape index (κ2) is 3.90. The van der Waals surface area contributed by atoms with E-state index >= 15 is 0 Å². The van der Waals surface area contributed by atoms with E-state index in [1.54, 1.807) is 4.68 Å². The minimum Gasteiger partial charge on any atom is -0.469 e. The predicted molar refractivity (Wildman–Crippen MR) is 43.6 cm³/mol. The smallest absolute Gasteiger partial charge is 0.307 e. The molecule has 0 saturated carbocycles. The number of rotatable bonds is 3. The zero-order chi connectivity index (χ0) is 8.97. The Labute approximate surface area is 71.1 Å². The summed E-state index contributed by atoms with van der Waals surface area (Å²) in [7, 11) is 1.39. The van der Waals surface area contributed by atoms with Crippen LogP contribution in [-0.2, 0) is 16.1 Å². The highest BCUT2D eigenvalue weighted by Gasteiger charge is 2.00. The lowest BCUT2D eigenvalue weighted by Gasteiger charge is -1.99. The van der Waals surface area contributed by atoms with Gasteiger partial charge in [-0.25, -0.2) is 0 Å². The normalized spacial score (nSPS) is 9.83. The van der Waals surface area contributed by atoms with Gasteiger partial charge in [0, 0.05) is 6.20 Å². The fourth-order valence-electron chi connectivity index (χ4n) is 0.896. The van der Waals surface area contributed by atoms with Gasteiger partial charge in [-0.15, -0.1) is 0 Å². The fourth-order valence-corrected chi connectivity index (χ4v) is 0.896. The molecule has 4 nitrogen and oxygen atoms in total. The van der Waals surface area contributed by atoms with Crippen LogP contribution in [0.4, 0.5) is 0 Å². The Morgan fingerprint density at radius 3 is 3.00 bits per heavy atom. The summed E-state index contributed by atoms with van der Waals surface area (Å²) in [6.07, 6.45) is 2.22. The second-order valence-corrected chi connectivity index (χ2v) is 2.55. The van der Waals surface area contributed by atoms with Crippen molar-refractivity contribution in [2.75, 3.05) is 7.11 Å². The lowest BCUT2D eigenvalue weighted by atomic mass is 10.4. The van der Waals surface area contributed by atoms with Crippen LogP contribution in [0.5, 0.6) is 0 Å². The van der Waals surface area contributed by atoms with Crippen LogP contribution in [-0.4, -0.2) is 22.9 Å². The van der Waals surface area contributed by atoms with Gasteiger partial charge < -0.3 is 4.74 Å². The first-order valence-electron chi connectivity index (χ1n) is 3.79. The van der Waals surface area contributed by atoms with Gasteiger partial charge >= 0.3 is 5.97 Å². The van der Waals surface area contributed by atoms with E-state index < -0.39 is 0 Å². The van der Waals surface area contributed by atoms with Crippen molar-refractivity contribution in [3.8, 4) is 0 Å². The number of ether oxygens (including phenoxy) is 1. The van der Waals surface area contributed by atoms with Gasteiger partial charge in [-0.2, -0.15) is 5.10 Å². The summed E-state index contributed by atoms with van der Waals surface area (Å²) in [5, 5.41) is 4.13. The molecule has 0 saturated heterocycles. The Hall–Kier alpha value is -1.32. The van der Waals surface area contributed by atoms with Gasteiger partial charge in [-0.05, 0) is 13.0 Å². The van der Waals surface area contributed by atoms with Crippen molar-refractivity contribution < 1.29 is 9.53 Å². The van der Waals surface area contributed by atoms with Crippen molar-refractivity contribution in [1.82, 2.24) is 9.78 Å². The maximum atomic E-state index is 10.7. The van der Waals surface area contributed by atoms with Gasteiger partial charge in [0.1, 0.15) is 0 Å². The number of carbonyl (C=O) groups excluding carboxylic acids is 1. The Balaban J connectivity index is 2.38. The number of aryl methyl sites for hydroxylation is 2. The molecule has 0 fully saturated rings. The van der Waals surface area contributed by atoms with E-state index in [-0.39, 0.29) is 5.97 Å². The summed E-state index contributed by atoms with van der Waals surface area (Å²) in [6.45, 7) is 2.50. The van der Waals surface area contributed by atoms with Gasteiger partial charge in [-0.3, -0.25) is 9.48 Å². The van der Waals surface area contributed by atoms with Crippen LogP contribution in [0.3, 0.4) is 0 Å². The molecule has 0 N–H and O–H groups in total. The number of aromatic nitrogens is 2. The summed E-state index contributed by atoms with van der Waals surface area (Å²) in [4.78, 5) is 10.7. The summed E-state index contributed by atoms with van der Waals surface area (Å²) in [6, 6.07) is 1.90. The SMILES string of the molecule is COC(=O)CCn1ccc(C)n1. The molecule has 1 aromatic rings. The van der Waals surface area contributed by atoms with E-state index in [9.17, 15) is 4.79 Å². The van der Waals surface area contributed by atoms with Gasteiger partial charge in [-0.1, -0.05) is 0 Å². The Bertz CT molecular complexity index is 268. The predicted octanol–water partition coefficient (Wildman–Crippen LogP) is 0.755. The van der Waals surface area contributed by atoms with E-state index in [1.807, 2.05) is 19.2 Å². The minimum atomic E-state index is -0.205. The maximum Gasteiger partial charge on any atom is 0.307 e. The molecule has 0 bridgehead atoms. The zero-order valence-electron chi connectivity index (χ0n) is 7.28. The van der Waals surface area contributed by atoms with Gasteiger partial charge in [0.2, 0.25) is 0 Å². The van der Waals surface area contributed by atoms with Crippen LogP contribution in [0.15, 0.2) is 12.3 Å². The van der Waals surface area contributed by atoms with Crippen molar-refractivity contribution in [2.45, 2.75) is 19.9 Å². The van der Waals surface area contributed by atoms with E-state index in [4.69, 9.17) is 0 Å². The summed E-state index contributed by atoms with van der Waals surface area (Å²) in [5.41, 5.74) is 0.958. The third kappa shape index (κ3) is 2.38. The van der Waals surface area contributed by atoms with Crippen molar-refractivity contribution in [1.29, 1.82) is 0 Å². The number of nitrogens with zero attached hydrogens (tertiary/aromatic N) is 2. The van der Waals surface area contributed by atoms with Crippen LogP contribution in [0.2, 0.25) is 0 Å². The highest BCUT2D eigenvalue weighted by atomic mass is 16.5. The molecule has 0 aliphatic rings. The Morgan fingerprint density at radius 1 is 1.75 bits per heavy atom. The summed E-state index contributed by atoms with van der Waals surface area (Å²) in [5.74, 6) is -0.205. The van der Waals surface area contributed by atoms with Gasteiger partial charge in [0.15, 0.2) is 0 Å². The van der Waals surface area contributed by atoms with Crippen LogP contribution < -0.4 is 0 Å².